The Bertz CT molecular complexity index is 791. The van der Waals surface area contributed by atoms with Gasteiger partial charge in [0.15, 0.2) is 0 Å². The van der Waals surface area contributed by atoms with E-state index in [0.29, 0.717) is 0 Å². The van der Waals surface area contributed by atoms with Gasteiger partial charge in [0, 0.05) is 9.85 Å². The van der Waals surface area contributed by atoms with Crippen LogP contribution in [-0.4, -0.2) is 9.97 Å². The van der Waals surface area contributed by atoms with Crippen LogP contribution in [0.3, 0.4) is 0 Å². The van der Waals surface area contributed by atoms with E-state index in [0.717, 1.165) is 28.0 Å². The first-order valence-electron chi connectivity index (χ1n) is 6.22. The lowest BCUT2D eigenvalue weighted by Crippen LogP contribution is -1.99. The third-order valence-electron chi connectivity index (χ3n) is 3.23. The SMILES string of the molecule is O=c1[nH]c2ccc(C(Br)Cc3ccc(Cl)cc3)cc2[nH]1. The van der Waals surface area contributed by atoms with Crippen molar-refractivity contribution in [2.24, 2.45) is 0 Å². The van der Waals surface area contributed by atoms with Crippen LogP contribution in [0, 0.1) is 0 Å². The van der Waals surface area contributed by atoms with Gasteiger partial charge in [-0.3, -0.25) is 0 Å². The summed E-state index contributed by atoms with van der Waals surface area (Å²) >= 11 is 9.58. The number of H-pyrrole nitrogens is 2. The number of hydrogen-bond acceptors (Lipinski definition) is 1. The molecule has 2 aromatic carbocycles. The molecule has 5 heteroatoms. The van der Waals surface area contributed by atoms with Gasteiger partial charge in [0.25, 0.3) is 0 Å². The number of aromatic amines is 2. The molecule has 0 fully saturated rings. The number of halogens is 2. The van der Waals surface area contributed by atoms with Crippen LogP contribution in [-0.2, 0) is 6.42 Å². The molecule has 102 valence electrons. The summed E-state index contributed by atoms with van der Waals surface area (Å²) < 4.78 is 0. The number of rotatable bonds is 3. The third-order valence-corrected chi connectivity index (χ3v) is 4.33. The number of aromatic nitrogens is 2. The van der Waals surface area contributed by atoms with Gasteiger partial charge in [-0.05, 0) is 41.8 Å². The first-order valence-corrected chi connectivity index (χ1v) is 7.51. The molecule has 2 N–H and O–H groups in total. The number of hydrogen-bond donors (Lipinski definition) is 2. The molecule has 0 saturated heterocycles. The molecule has 3 rings (SSSR count). The molecule has 3 aromatic rings. The largest absolute Gasteiger partial charge is 0.323 e. The highest BCUT2D eigenvalue weighted by molar-refractivity contribution is 9.09. The summed E-state index contributed by atoms with van der Waals surface area (Å²) in [5, 5.41) is 0.742. The molecular formula is C15H12BrClN2O. The van der Waals surface area contributed by atoms with Crippen molar-refractivity contribution >= 4 is 38.6 Å². The highest BCUT2D eigenvalue weighted by Crippen LogP contribution is 2.28. The number of benzene rings is 2. The van der Waals surface area contributed by atoms with Crippen molar-refractivity contribution in [1.29, 1.82) is 0 Å². The molecule has 1 heterocycles. The van der Waals surface area contributed by atoms with E-state index in [2.05, 4.69) is 25.9 Å². The zero-order valence-corrected chi connectivity index (χ0v) is 12.8. The Morgan fingerprint density at radius 1 is 1.05 bits per heavy atom. The predicted molar refractivity (Wildman–Crippen MR) is 85.7 cm³/mol. The Morgan fingerprint density at radius 3 is 2.50 bits per heavy atom. The van der Waals surface area contributed by atoms with E-state index in [1.165, 1.54) is 5.56 Å². The van der Waals surface area contributed by atoms with Crippen molar-refractivity contribution in [2.75, 3.05) is 0 Å². The Labute approximate surface area is 129 Å². The Kier molecular flexibility index (Phi) is 3.68. The van der Waals surface area contributed by atoms with Gasteiger partial charge < -0.3 is 9.97 Å². The highest BCUT2D eigenvalue weighted by Gasteiger charge is 2.10. The van der Waals surface area contributed by atoms with Crippen LogP contribution in [0.25, 0.3) is 11.0 Å². The lowest BCUT2D eigenvalue weighted by atomic mass is 10.0. The van der Waals surface area contributed by atoms with Gasteiger partial charge in [0.05, 0.1) is 11.0 Å². The van der Waals surface area contributed by atoms with Gasteiger partial charge in [-0.15, -0.1) is 0 Å². The van der Waals surface area contributed by atoms with E-state index in [-0.39, 0.29) is 10.5 Å². The average Bonchev–Trinajstić information content (AvgIpc) is 2.80. The van der Waals surface area contributed by atoms with Crippen LogP contribution < -0.4 is 5.69 Å². The maximum absolute atomic E-state index is 11.3. The van der Waals surface area contributed by atoms with Crippen molar-refractivity contribution in [3.63, 3.8) is 0 Å². The van der Waals surface area contributed by atoms with Gasteiger partial charge in [-0.25, -0.2) is 4.79 Å². The van der Waals surface area contributed by atoms with E-state index >= 15 is 0 Å². The lowest BCUT2D eigenvalue weighted by Gasteiger charge is -2.10. The first-order chi connectivity index (χ1) is 9.61. The second kappa shape index (κ2) is 5.46. The van der Waals surface area contributed by atoms with E-state index < -0.39 is 0 Å². The third kappa shape index (κ3) is 2.81. The Hall–Kier alpha value is -1.52. The first kappa shape index (κ1) is 13.5. The molecule has 1 unspecified atom stereocenters. The normalized spacial score (nSPS) is 12.7. The van der Waals surface area contributed by atoms with Crippen LogP contribution in [0.4, 0.5) is 0 Å². The molecule has 0 radical (unpaired) electrons. The number of alkyl halides is 1. The van der Waals surface area contributed by atoms with E-state index in [1.54, 1.807) is 0 Å². The quantitative estimate of drug-likeness (QED) is 0.683. The summed E-state index contributed by atoms with van der Waals surface area (Å²) in [6, 6.07) is 13.7. The Balaban J connectivity index is 1.85. The monoisotopic (exact) mass is 350 g/mol. The van der Waals surface area contributed by atoms with Crippen LogP contribution in [0.15, 0.2) is 47.3 Å². The summed E-state index contributed by atoms with van der Waals surface area (Å²) in [5.41, 5.74) is 3.81. The van der Waals surface area contributed by atoms with Crippen molar-refractivity contribution in [1.82, 2.24) is 9.97 Å². The zero-order valence-electron chi connectivity index (χ0n) is 10.5. The molecule has 0 aliphatic rings. The second-order valence-electron chi connectivity index (χ2n) is 4.68. The molecule has 0 spiro atoms. The van der Waals surface area contributed by atoms with E-state index in [1.807, 2.05) is 42.5 Å². The van der Waals surface area contributed by atoms with Gasteiger partial charge >= 0.3 is 5.69 Å². The van der Waals surface area contributed by atoms with Crippen molar-refractivity contribution < 1.29 is 0 Å². The summed E-state index contributed by atoms with van der Waals surface area (Å²) in [4.78, 5) is 17.0. The lowest BCUT2D eigenvalue weighted by molar-refractivity contribution is 0.950. The molecule has 0 saturated carbocycles. The minimum atomic E-state index is -0.180. The fourth-order valence-electron chi connectivity index (χ4n) is 2.19. The number of fused-ring (bicyclic) bond motifs is 1. The molecular weight excluding hydrogens is 340 g/mol. The van der Waals surface area contributed by atoms with Crippen LogP contribution in [0.2, 0.25) is 5.02 Å². The van der Waals surface area contributed by atoms with E-state index in [9.17, 15) is 4.79 Å². The van der Waals surface area contributed by atoms with Gasteiger partial charge in [-0.1, -0.05) is 45.7 Å². The second-order valence-corrected chi connectivity index (χ2v) is 6.22. The smallest absolute Gasteiger partial charge is 0.306 e. The topological polar surface area (TPSA) is 48.6 Å². The fraction of sp³-hybridized carbons (Fsp3) is 0.133. The maximum Gasteiger partial charge on any atom is 0.323 e. The van der Waals surface area contributed by atoms with Crippen molar-refractivity contribution in [3.05, 3.63) is 69.1 Å². The van der Waals surface area contributed by atoms with Crippen molar-refractivity contribution in [2.45, 2.75) is 11.2 Å². The molecule has 1 aromatic heterocycles. The molecule has 0 amide bonds. The summed E-state index contributed by atoms with van der Waals surface area (Å²) in [6.45, 7) is 0. The van der Waals surface area contributed by atoms with Crippen molar-refractivity contribution in [3.8, 4) is 0 Å². The van der Waals surface area contributed by atoms with Crippen LogP contribution >= 0.6 is 27.5 Å². The highest BCUT2D eigenvalue weighted by atomic mass is 79.9. The molecule has 3 nitrogen and oxygen atoms in total. The van der Waals surface area contributed by atoms with Gasteiger partial charge in [0.2, 0.25) is 0 Å². The molecule has 1 atom stereocenters. The summed E-state index contributed by atoms with van der Waals surface area (Å²) in [7, 11) is 0. The molecule has 20 heavy (non-hydrogen) atoms. The zero-order chi connectivity index (χ0) is 14.1. The standard InChI is InChI=1S/C15H12BrClN2O/c16-12(7-9-1-4-11(17)5-2-9)10-3-6-13-14(8-10)19-15(20)18-13/h1-6,8,12H,7H2,(H2,18,19,20). The minimum absolute atomic E-state index is 0.180. The number of nitrogens with one attached hydrogen (secondary N) is 2. The maximum atomic E-state index is 11.3. The molecule has 0 aliphatic heterocycles. The molecule has 0 bridgehead atoms. The van der Waals surface area contributed by atoms with Gasteiger partial charge in [-0.2, -0.15) is 0 Å². The molecule has 0 aliphatic carbocycles. The number of imidazole rings is 1. The predicted octanol–water partition coefficient (Wildman–Crippen LogP) is 4.19. The van der Waals surface area contributed by atoms with Crippen LogP contribution in [0.1, 0.15) is 16.0 Å². The average molecular weight is 352 g/mol. The fourth-order valence-corrected chi connectivity index (χ4v) is 2.97. The van der Waals surface area contributed by atoms with Crippen LogP contribution in [0.5, 0.6) is 0 Å². The van der Waals surface area contributed by atoms with E-state index in [4.69, 9.17) is 11.6 Å². The Morgan fingerprint density at radius 2 is 1.75 bits per heavy atom. The summed E-state index contributed by atoms with van der Waals surface area (Å²) in [6.07, 6.45) is 0.858. The minimum Gasteiger partial charge on any atom is -0.306 e. The summed E-state index contributed by atoms with van der Waals surface area (Å²) in [5.74, 6) is 0. The van der Waals surface area contributed by atoms with Gasteiger partial charge in [0.1, 0.15) is 0 Å².